The molecule has 0 radical (unpaired) electrons. The van der Waals surface area contributed by atoms with Crippen LogP contribution in [-0.2, 0) is 42.1 Å². The van der Waals surface area contributed by atoms with Crippen LogP contribution in [0, 0.1) is 28.8 Å². The predicted molar refractivity (Wildman–Crippen MR) is 178 cm³/mol. The van der Waals surface area contributed by atoms with Crippen LogP contribution in [0.15, 0.2) is 91.5 Å². The second-order valence-electron chi connectivity index (χ2n) is 11.4. The first kappa shape index (κ1) is 45.8. The van der Waals surface area contributed by atoms with Gasteiger partial charge in [-0.1, -0.05) is 42.5 Å². The molecule has 2 heterocycles. The molecule has 0 bridgehead atoms. The van der Waals surface area contributed by atoms with E-state index >= 15 is 4.39 Å². The minimum atomic E-state index is -5.40. The van der Waals surface area contributed by atoms with Crippen molar-refractivity contribution in [3.05, 3.63) is 137 Å². The van der Waals surface area contributed by atoms with Crippen molar-refractivity contribution in [2.45, 2.75) is 42.5 Å². The van der Waals surface area contributed by atoms with Crippen LogP contribution in [0.1, 0.15) is 39.5 Å². The van der Waals surface area contributed by atoms with Crippen molar-refractivity contribution >= 4 is 31.6 Å². The summed E-state index contributed by atoms with van der Waals surface area (Å²) in [5.41, 5.74) is -1.72. The third-order valence-electron chi connectivity index (χ3n) is 7.87. The number of nitriles is 1. The summed E-state index contributed by atoms with van der Waals surface area (Å²) in [6.45, 7) is 0.951. The Balaban J connectivity index is 0.00000392. The zero-order valence-electron chi connectivity index (χ0n) is 29.3. The fraction of sp³-hybridized carbons (Fsp3) is 0.257. The molecule has 1 fully saturated rings. The number of rotatable bonds is 14. The van der Waals surface area contributed by atoms with Crippen LogP contribution in [0.4, 0.5) is 13.2 Å². The van der Waals surface area contributed by atoms with Gasteiger partial charge >= 0.3 is 65.1 Å². The number of esters is 1. The molecular formula is C35H30F3N4Na2O8PS. The van der Waals surface area contributed by atoms with Gasteiger partial charge in [-0.25, -0.2) is 27.6 Å². The van der Waals surface area contributed by atoms with Gasteiger partial charge in [-0.05, 0) is 48.9 Å². The number of hydrogen-bond donors (Lipinski definition) is 0. The summed E-state index contributed by atoms with van der Waals surface area (Å²) in [5.74, 6) is -3.43. The zero-order valence-corrected chi connectivity index (χ0v) is 35.1. The van der Waals surface area contributed by atoms with Gasteiger partial charge in [0.2, 0.25) is 0 Å². The Hall–Kier alpha value is -2.59. The molecule has 12 nitrogen and oxygen atoms in total. The zero-order chi connectivity index (χ0) is 37.3. The minimum Gasteiger partial charge on any atom is -0.790 e. The number of phosphoric acid groups is 1. The van der Waals surface area contributed by atoms with Gasteiger partial charge < -0.3 is 33.1 Å². The van der Waals surface area contributed by atoms with E-state index in [0.717, 1.165) is 18.2 Å². The molecule has 0 spiro atoms. The Morgan fingerprint density at radius 1 is 1.11 bits per heavy atom. The van der Waals surface area contributed by atoms with Gasteiger partial charge in [0, 0.05) is 22.4 Å². The molecule has 1 aliphatic rings. The molecule has 0 unspecified atom stereocenters. The van der Waals surface area contributed by atoms with E-state index in [9.17, 15) is 27.9 Å². The van der Waals surface area contributed by atoms with Crippen molar-refractivity contribution in [2.24, 2.45) is 0 Å². The topological polar surface area (TPSA) is 172 Å². The summed E-state index contributed by atoms with van der Waals surface area (Å²) in [6, 6.07) is 14.5. The molecule has 3 aromatic carbocycles. The largest absolute Gasteiger partial charge is 1.00 e. The van der Waals surface area contributed by atoms with Crippen LogP contribution in [-0.4, -0.2) is 50.7 Å². The number of nitrogens with zero attached hydrogens (tertiary/aromatic N) is 4. The maximum atomic E-state index is 15.8. The fourth-order valence-electron chi connectivity index (χ4n) is 5.34. The SMILES string of the molecule is C[C@@H](S[C@H]1CO[C@H](C=CC=Cc2ccc(C#N)cc2F)OC1)[C@@](Cn1cncn1)(OC(=O)c1ccccc1COP(=O)([O-])[O-])c1ccc(F)cc1F.[Na+].[Na+]. The van der Waals surface area contributed by atoms with Gasteiger partial charge in [0.1, 0.15) is 30.1 Å². The Bertz CT molecular complexity index is 2030. The van der Waals surface area contributed by atoms with Crippen LogP contribution in [0.5, 0.6) is 0 Å². The number of phosphoric ester groups is 1. The molecule has 272 valence electrons. The molecule has 0 amide bonds. The number of carbonyl (C=O) groups excluding carboxylic acids is 1. The molecule has 1 aromatic heterocycles. The summed E-state index contributed by atoms with van der Waals surface area (Å²) >= 11 is 1.25. The summed E-state index contributed by atoms with van der Waals surface area (Å²) in [5, 5.41) is 11.9. The number of allylic oxidation sites excluding steroid dienone is 2. The third-order valence-corrected chi connectivity index (χ3v) is 9.76. The first-order chi connectivity index (χ1) is 24.9. The molecule has 4 aromatic rings. The minimum absolute atomic E-state index is 0. The average molecular weight is 801 g/mol. The van der Waals surface area contributed by atoms with Crippen molar-refractivity contribution in [1.29, 1.82) is 5.26 Å². The molecule has 1 aliphatic heterocycles. The Kier molecular flexibility index (Phi) is 17.9. The van der Waals surface area contributed by atoms with Crippen LogP contribution in [0.25, 0.3) is 6.08 Å². The molecule has 5 rings (SSSR count). The molecule has 0 aliphatic carbocycles. The molecule has 19 heteroatoms. The van der Waals surface area contributed by atoms with E-state index in [0.29, 0.717) is 11.6 Å². The Morgan fingerprint density at radius 3 is 2.50 bits per heavy atom. The van der Waals surface area contributed by atoms with Gasteiger partial charge in [-0.15, -0.1) is 11.8 Å². The first-order valence-corrected chi connectivity index (χ1v) is 18.0. The number of halogens is 3. The van der Waals surface area contributed by atoms with E-state index in [-0.39, 0.29) is 106 Å². The van der Waals surface area contributed by atoms with Crippen molar-refractivity contribution in [3.8, 4) is 6.07 Å². The molecule has 2 atom stereocenters. The molecule has 0 N–H and O–H groups in total. The second kappa shape index (κ2) is 21.1. The van der Waals surface area contributed by atoms with Crippen LogP contribution in [0.2, 0.25) is 0 Å². The quantitative estimate of drug-likeness (QED) is 0.0648. The normalized spacial score (nSPS) is 17.6. The molecule has 54 heavy (non-hydrogen) atoms. The number of aromatic nitrogens is 3. The number of ether oxygens (including phenoxy) is 3. The summed E-state index contributed by atoms with van der Waals surface area (Å²) < 4.78 is 78.9. The maximum absolute atomic E-state index is 15.8. The molecule has 1 saturated heterocycles. The third kappa shape index (κ3) is 12.5. The van der Waals surface area contributed by atoms with Crippen molar-refractivity contribution in [2.75, 3.05) is 13.2 Å². The van der Waals surface area contributed by atoms with Crippen molar-refractivity contribution < 1.29 is 110 Å². The van der Waals surface area contributed by atoms with E-state index < -0.39 is 55.0 Å². The van der Waals surface area contributed by atoms with Crippen molar-refractivity contribution in [3.63, 3.8) is 0 Å². The molecular weight excluding hydrogens is 770 g/mol. The van der Waals surface area contributed by atoms with Crippen LogP contribution in [0.3, 0.4) is 0 Å². The number of benzene rings is 3. The smallest absolute Gasteiger partial charge is 0.790 e. The van der Waals surface area contributed by atoms with Gasteiger partial charge in [0.25, 0.3) is 0 Å². The van der Waals surface area contributed by atoms with Crippen molar-refractivity contribution in [1.82, 2.24) is 14.8 Å². The number of thioether (sulfide) groups is 1. The van der Waals surface area contributed by atoms with Crippen LogP contribution < -0.4 is 68.9 Å². The van der Waals surface area contributed by atoms with E-state index in [1.165, 1.54) is 71.6 Å². The summed E-state index contributed by atoms with van der Waals surface area (Å²) in [7, 11) is -5.40. The second-order valence-corrected chi connectivity index (χ2v) is 14.2. The van der Waals surface area contributed by atoms with Gasteiger partial charge in [0.15, 0.2) is 11.9 Å². The Morgan fingerprint density at radius 2 is 1.85 bits per heavy atom. The number of hydrogen-bond acceptors (Lipinski definition) is 12. The maximum Gasteiger partial charge on any atom is 1.00 e. The fourth-order valence-corrected chi connectivity index (χ4v) is 7.00. The standard InChI is InChI=1S/C35H32F3N4O8PS.2Na/c1-23(52-28-18-47-33(48-19-28)9-5-3-6-25-11-10-24(16-39)14-31(25)37)35(20-42-22-40-21-41-42,30-13-12-27(36)15-32(30)38)50-34(43)29-8-4-2-7-26(29)17-49-51(44,45)46;;/h2-15,21-23,28,33H,17-20H2,1H3,(H2,44,45,46);;/q;2*+1/p-2/t23-,28-,33-,35-;;/m1../s1. The van der Waals surface area contributed by atoms with E-state index in [2.05, 4.69) is 14.6 Å². The summed E-state index contributed by atoms with van der Waals surface area (Å²) in [4.78, 5) is 40.3. The van der Waals surface area contributed by atoms with E-state index in [1.54, 1.807) is 25.2 Å². The van der Waals surface area contributed by atoms with Gasteiger partial charge in [-0.2, -0.15) is 10.4 Å². The Labute approximate surface area is 357 Å². The van der Waals surface area contributed by atoms with Gasteiger partial charge in [-0.3, -0.25) is 0 Å². The number of carbonyl (C=O) groups is 1. The first-order valence-electron chi connectivity index (χ1n) is 15.6. The van der Waals surface area contributed by atoms with Gasteiger partial charge in [0.05, 0.1) is 56.6 Å². The summed E-state index contributed by atoms with van der Waals surface area (Å²) in [6.07, 6.45) is 8.17. The van der Waals surface area contributed by atoms with Crippen LogP contribution >= 0.6 is 19.6 Å². The molecule has 0 saturated carbocycles. The average Bonchev–Trinajstić information content (AvgIpc) is 3.63. The van der Waals surface area contributed by atoms with E-state index in [4.69, 9.17) is 19.5 Å². The predicted octanol–water partition coefficient (Wildman–Crippen LogP) is -1.19. The van der Waals surface area contributed by atoms with E-state index in [1.807, 2.05) is 6.07 Å². The monoisotopic (exact) mass is 800 g/mol.